The fraction of sp³-hybridized carbons (Fsp3) is 0.308. The number of hydrogen-bond donors (Lipinski definition) is 1. The minimum atomic E-state index is -0.854. The fourth-order valence-corrected chi connectivity index (χ4v) is 4.10. The monoisotopic (exact) mass is 429 g/mol. The van der Waals surface area contributed by atoms with Crippen molar-refractivity contribution < 1.29 is 14.6 Å². The molecule has 3 aromatic rings. The lowest BCUT2D eigenvalue weighted by Gasteiger charge is -2.16. The van der Waals surface area contributed by atoms with Crippen LogP contribution in [0.2, 0.25) is 0 Å². The Hall–Kier alpha value is -3.56. The maximum absolute atomic E-state index is 11.1. The number of carbonyl (C=O) groups is 1. The molecule has 164 valence electrons. The summed E-state index contributed by atoms with van der Waals surface area (Å²) in [5, 5.41) is 13.4. The molecule has 0 saturated carbocycles. The van der Waals surface area contributed by atoms with Crippen molar-refractivity contribution in [3.05, 3.63) is 82.7 Å². The first-order valence-corrected chi connectivity index (χ1v) is 10.7. The van der Waals surface area contributed by atoms with Crippen LogP contribution in [0.25, 0.3) is 0 Å². The fourth-order valence-electron chi connectivity index (χ4n) is 4.10. The average molecular weight is 430 g/mol. The van der Waals surface area contributed by atoms with Gasteiger partial charge in [0.1, 0.15) is 12.4 Å². The Morgan fingerprint density at radius 1 is 1.19 bits per heavy atom. The molecule has 1 unspecified atom stereocenters. The molecule has 1 N–H and O–H groups in total. The van der Waals surface area contributed by atoms with Crippen LogP contribution in [0.3, 0.4) is 0 Å². The summed E-state index contributed by atoms with van der Waals surface area (Å²) in [4.78, 5) is 13.5. The third-order valence-electron chi connectivity index (χ3n) is 5.70. The summed E-state index contributed by atoms with van der Waals surface area (Å²) in [6, 6.07) is 16.0. The minimum Gasteiger partial charge on any atom is -0.489 e. The zero-order valence-corrected chi connectivity index (χ0v) is 18.4. The zero-order valence-electron chi connectivity index (χ0n) is 18.4. The number of hydrogen-bond acceptors (Lipinski definition) is 4. The number of nitrogens with zero attached hydrogens (tertiary/aromatic N) is 3. The molecule has 2 heterocycles. The summed E-state index contributed by atoms with van der Waals surface area (Å²) in [5.74, 6) is 5.37. The number of rotatable bonds is 8. The molecule has 0 fully saturated rings. The van der Waals surface area contributed by atoms with E-state index in [2.05, 4.69) is 46.1 Å². The Morgan fingerprint density at radius 2 is 1.97 bits per heavy atom. The highest BCUT2D eigenvalue weighted by Gasteiger charge is 2.22. The van der Waals surface area contributed by atoms with Gasteiger partial charge in [0.2, 0.25) is 0 Å². The maximum atomic E-state index is 11.1. The van der Waals surface area contributed by atoms with E-state index in [1.54, 1.807) is 6.92 Å². The second-order valence-electron chi connectivity index (χ2n) is 8.11. The molecule has 0 bridgehead atoms. The van der Waals surface area contributed by atoms with Crippen molar-refractivity contribution in [2.75, 3.05) is 0 Å². The first-order chi connectivity index (χ1) is 15.5. The van der Waals surface area contributed by atoms with Gasteiger partial charge >= 0.3 is 5.97 Å². The van der Waals surface area contributed by atoms with E-state index in [1.807, 2.05) is 42.2 Å². The van der Waals surface area contributed by atoms with Crippen molar-refractivity contribution >= 4 is 5.97 Å². The molecule has 0 spiro atoms. The Balaban J connectivity index is 1.34. The second-order valence-corrected chi connectivity index (χ2v) is 8.11. The molecular formula is C26H27N3O3. The lowest BCUT2D eigenvalue weighted by Crippen LogP contribution is -2.17. The average Bonchev–Trinajstić information content (AvgIpc) is 3.33. The highest BCUT2D eigenvalue weighted by atomic mass is 16.5. The number of carboxylic acid groups (broad SMARTS) is 1. The molecule has 0 amide bonds. The highest BCUT2D eigenvalue weighted by Crippen LogP contribution is 2.25. The lowest BCUT2D eigenvalue weighted by atomic mass is 9.96. The summed E-state index contributed by atoms with van der Waals surface area (Å²) in [7, 11) is 2.00. The van der Waals surface area contributed by atoms with Crippen molar-refractivity contribution in [3.8, 4) is 17.6 Å². The number of aryl methyl sites for hydroxylation is 1. The highest BCUT2D eigenvalue weighted by molar-refractivity contribution is 5.69. The van der Waals surface area contributed by atoms with Crippen LogP contribution >= 0.6 is 0 Å². The van der Waals surface area contributed by atoms with E-state index in [-0.39, 0.29) is 12.3 Å². The van der Waals surface area contributed by atoms with Crippen LogP contribution in [0, 0.1) is 11.8 Å². The molecule has 4 rings (SSSR count). The van der Waals surface area contributed by atoms with E-state index in [9.17, 15) is 4.79 Å². The number of aromatic nitrogens is 2. The molecule has 0 radical (unpaired) electrons. The zero-order chi connectivity index (χ0) is 22.5. The summed E-state index contributed by atoms with van der Waals surface area (Å²) in [5.41, 5.74) is 5.87. The number of benzene rings is 2. The molecule has 2 aromatic carbocycles. The molecule has 1 aliphatic heterocycles. The van der Waals surface area contributed by atoms with Gasteiger partial charge in [0.15, 0.2) is 0 Å². The van der Waals surface area contributed by atoms with Crippen LogP contribution in [-0.2, 0) is 38.1 Å². The van der Waals surface area contributed by atoms with Crippen LogP contribution in [0.5, 0.6) is 5.75 Å². The first-order valence-electron chi connectivity index (χ1n) is 10.7. The van der Waals surface area contributed by atoms with Crippen LogP contribution in [-0.4, -0.2) is 25.8 Å². The quantitative estimate of drug-likeness (QED) is 0.546. The van der Waals surface area contributed by atoms with Crippen molar-refractivity contribution in [2.24, 2.45) is 7.05 Å². The van der Waals surface area contributed by atoms with Crippen LogP contribution in [0.15, 0.2) is 54.7 Å². The molecule has 32 heavy (non-hydrogen) atoms. The van der Waals surface area contributed by atoms with Gasteiger partial charge in [-0.2, -0.15) is 5.10 Å². The van der Waals surface area contributed by atoms with Gasteiger partial charge in [0, 0.05) is 32.2 Å². The Kier molecular flexibility index (Phi) is 6.58. The van der Waals surface area contributed by atoms with Crippen molar-refractivity contribution in [1.82, 2.24) is 14.7 Å². The van der Waals surface area contributed by atoms with E-state index >= 15 is 0 Å². The summed E-state index contributed by atoms with van der Waals surface area (Å²) in [6.45, 7) is 4.94. The molecule has 1 atom stereocenters. The van der Waals surface area contributed by atoms with Crippen LogP contribution < -0.4 is 4.74 Å². The van der Waals surface area contributed by atoms with Gasteiger partial charge in [0.05, 0.1) is 24.2 Å². The number of fused-ring (bicyclic) bond motifs is 1. The van der Waals surface area contributed by atoms with E-state index in [4.69, 9.17) is 9.84 Å². The van der Waals surface area contributed by atoms with Gasteiger partial charge in [-0.3, -0.25) is 14.4 Å². The summed E-state index contributed by atoms with van der Waals surface area (Å²) in [6.07, 6.45) is 1.95. The lowest BCUT2D eigenvalue weighted by molar-refractivity contribution is -0.137. The molecule has 0 aliphatic carbocycles. The van der Waals surface area contributed by atoms with Gasteiger partial charge in [-0.15, -0.1) is 5.92 Å². The minimum absolute atomic E-state index is 0.00749. The molecule has 6 nitrogen and oxygen atoms in total. The molecule has 1 aliphatic rings. The maximum Gasteiger partial charge on any atom is 0.304 e. The van der Waals surface area contributed by atoms with Crippen molar-refractivity contribution in [3.63, 3.8) is 0 Å². The third kappa shape index (κ3) is 5.19. The largest absolute Gasteiger partial charge is 0.489 e. The molecule has 1 aromatic heterocycles. The van der Waals surface area contributed by atoms with Gasteiger partial charge in [-0.1, -0.05) is 42.3 Å². The van der Waals surface area contributed by atoms with Gasteiger partial charge in [0.25, 0.3) is 0 Å². The smallest absolute Gasteiger partial charge is 0.304 e. The standard InChI is InChI=1S/C26H27N3O3/c1-3-5-22(13-26(30)31)21-8-10-24(11-9-21)32-18-20-7-4-6-19(12-20)15-29-16-23-14-27-28(2)25(23)17-29/h4,6-12,14,22H,13,15-18H2,1-2H3,(H,30,31). The second kappa shape index (κ2) is 9.71. The van der Waals surface area contributed by atoms with Gasteiger partial charge < -0.3 is 9.84 Å². The van der Waals surface area contributed by atoms with E-state index in [0.717, 1.165) is 36.5 Å². The summed E-state index contributed by atoms with van der Waals surface area (Å²) >= 11 is 0. The molecule has 0 saturated heterocycles. The Morgan fingerprint density at radius 3 is 2.69 bits per heavy atom. The van der Waals surface area contributed by atoms with Crippen molar-refractivity contribution in [2.45, 2.75) is 45.5 Å². The van der Waals surface area contributed by atoms with Crippen LogP contribution in [0.1, 0.15) is 47.2 Å². The first kappa shape index (κ1) is 21.7. The SMILES string of the molecule is CC#CC(CC(=O)O)c1ccc(OCc2cccc(CN3Cc4cnn(C)c4C3)c2)cc1. The number of aliphatic carboxylic acids is 1. The van der Waals surface area contributed by atoms with E-state index in [0.29, 0.717) is 6.61 Å². The van der Waals surface area contributed by atoms with E-state index in [1.165, 1.54) is 16.8 Å². The van der Waals surface area contributed by atoms with Gasteiger partial charge in [-0.25, -0.2) is 0 Å². The number of carboxylic acids is 1. The van der Waals surface area contributed by atoms with E-state index < -0.39 is 5.97 Å². The number of ether oxygens (including phenoxy) is 1. The topological polar surface area (TPSA) is 67.6 Å². The predicted octanol–water partition coefficient (Wildman–Crippen LogP) is 4.10. The summed E-state index contributed by atoms with van der Waals surface area (Å²) < 4.78 is 7.93. The van der Waals surface area contributed by atoms with Crippen molar-refractivity contribution in [1.29, 1.82) is 0 Å². The van der Waals surface area contributed by atoms with Crippen LogP contribution in [0.4, 0.5) is 0 Å². The van der Waals surface area contributed by atoms with Gasteiger partial charge in [-0.05, 0) is 35.7 Å². The molecular weight excluding hydrogens is 402 g/mol. The Bertz CT molecular complexity index is 1160. The normalized spacial score (nSPS) is 13.8. The third-order valence-corrected chi connectivity index (χ3v) is 5.70. The Labute approximate surface area is 188 Å². The predicted molar refractivity (Wildman–Crippen MR) is 122 cm³/mol. The molecule has 6 heteroatoms.